The molecule has 0 bridgehead atoms. The monoisotopic (exact) mass is 280 g/mol. The molecule has 112 valence electrons. The third-order valence-corrected chi connectivity index (χ3v) is 3.30. The molecule has 0 aromatic heterocycles. The lowest BCUT2D eigenvalue weighted by atomic mass is 10.0. The maximum atomic E-state index is 11.7. The van der Waals surface area contributed by atoms with Gasteiger partial charge in [0.05, 0.1) is 25.3 Å². The Balaban J connectivity index is 3.07. The summed E-state index contributed by atoms with van der Waals surface area (Å²) in [5.41, 5.74) is 8.45. The highest BCUT2D eigenvalue weighted by Gasteiger charge is 2.17. The second-order valence-electron chi connectivity index (χ2n) is 5.20. The summed E-state index contributed by atoms with van der Waals surface area (Å²) in [6.07, 6.45) is 0. The molecule has 1 atom stereocenters. The Labute approximate surface area is 120 Å². The van der Waals surface area contributed by atoms with Crippen molar-refractivity contribution in [3.8, 4) is 0 Å². The van der Waals surface area contributed by atoms with Gasteiger partial charge < -0.3 is 20.5 Å². The zero-order valence-electron chi connectivity index (χ0n) is 12.8. The van der Waals surface area contributed by atoms with Gasteiger partial charge in [-0.15, -0.1) is 0 Å². The minimum atomic E-state index is -0.429. The Morgan fingerprint density at radius 3 is 2.50 bits per heavy atom. The number of hydrogen-bond donors (Lipinski definition) is 2. The van der Waals surface area contributed by atoms with Crippen LogP contribution in [0.2, 0.25) is 0 Å². The van der Waals surface area contributed by atoms with E-state index in [-0.39, 0.29) is 6.04 Å². The van der Waals surface area contributed by atoms with Crippen LogP contribution < -0.4 is 11.1 Å². The van der Waals surface area contributed by atoms with E-state index in [1.165, 1.54) is 7.11 Å². The highest BCUT2D eigenvalue weighted by atomic mass is 16.5. The summed E-state index contributed by atoms with van der Waals surface area (Å²) >= 11 is 0. The fourth-order valence-electron chi connectivity index (χ4n) is 1.95. The first kappa shape index (κ1) is 16.3. The lowest BCUT2D eigenvalue weighted by Gasteiger charge is -2.23. The van der Waals surface area contributed by atoms with E-state index in [4.69, 9.17) is 15.2 Å². The quantitative estimate of drug-likeness (QED) is 0.618. The zero-order valence-corrected chi connectivity index (χ0v) is 12.8. The molecule has 1 aromatic carbocycles. The Morgan fingerprint density at radius 2 is 2.00 bits per heavy atom. The average Bonchev–Trinajstić information content (AvgIpc) is 2.41. The van der Waals surface area contributed by atoms with E-state index in [0.717, 1.165) is 11.3 Å². The third kappa shape index (κ3) is 3.87. The number of aryl methyl sites for hydroxylation is 1. The van der Waals surface area contributed by atoms with Crippen molar-refractivity contribution < 1.29 is 14.3 Å². The predicted octanol–water partition coefficient (Wildman–Crippen LogP) is 2.45. The van der Waals surface area contributed by atoms with E-state index < -0.39 is 5.97 Å². The Kier molecular flexibility index (Phi) is 5.82. The number of nitrogen functional groups attached to an aromatic ring is 1. The lowest BCUT2D eigenvalue weighted by Crippen LogP contribution is -2.30. The fraction of sp³-hybridized carbons (Fsp3) is 0.533. The first-order valence-electron chi connectivity index (χ1n) is 6.64. The number of ether oxygens (including phenoxy) is 2. The second-order valence-corrected chi connectivity index (χ2v) is 5.20. The molecular formula is C15H24N2O3. The van der Waals surface area contributed by atoms with Gasteiger partial charge in [-0.1, -0.05) is 13.8 Å². The molecule has 0 heterocycles. The topological polar surface area (TPSA) is 73.6 Å². The van der Waals surface area contributed by atoms with Crippen molar-refractivity contribution in [3.63, 3.8) is 0 Å². The van der Waals surface area contributed by atoms with Crippen molar-refractivity contribution in [2.75, 3.05) is 31.9 Å². The van der Waals surface area contributed by atoms with Crippen LogP contribution in [0.3, 0.4) is 0 Å². The summed E-state index contributed by atoms with van der Waals surface area (Å²) in [4.78, 5) is 11.7. The van der Waals surface area contributed by atoms with Crippen molar-refractivity contribution >= 4 is 17.3 Å². The number of nitrogens with one attached hydrogen (secondary N) is 1. The van der Waals surface area contributed by atoms with Crippen molar-refractivity contribution in [3.05, 3.63) is 23.3 Å². The molecule has 0 saturated carbocycles. The molecule has 1 rings (SSSR count). The zero-order chi connectivity index (χ0) is 15.3. The van der Waals surface area contributed by atoms with E-state index in [9.17, 15) is 4.79 Å². The van der Waals surface area contributed by atoms with Crippen LogP contribution in [0, 0.1) is 12.8 Å². The van der Waals surface area contributed by atoms with Gasteiger partial charge in [0.1, 0.15) is 0 Å². The Bertz CT molecular complexity index is 472. The minimum absolute atomic E-state index is 0.161. The number of hydrogen-bond acceptors (Lipinski definition) is 5. The van der Waals surface area contributed by atoms with Crippen LogP contribution in [0.4, 0.5) is 11.4 Å². The molecule has 0 fully saturated rings. The number of methoxy groups -OCH3 is 2. The number of esters is 1. The molecule has 1 aromatic rings. The van der Waals surface area contributed by atoms with Crippen LogP contribution in [0.5, 0.6) is 0 Å². The third-order valence-electron chi connectivity index (χ3n) is 3.30. The van der Waals surface area contributed by atoms with Gasteiger partial charge in [-0.2, -0.15) is 0 Å². The average molecular weight is 280 g/mol. The second kappa shape index (κ2) is 7.14. The molecular weight excluding hydrogens is 256 g/mol. The summed E-state index contributed by atoms with van der Waals surface area (Å²) in [6.45, 7) is 6.69. The van der Waals surface area contributed by atoms with Crippen molar-refractivity contribution in [2.45, 2.75) is 26.8 Å². The summed E-state index contributed by atoms with van der Waals surface area (Å²) in [7, 11) is 3.02. The molecule has 1 unspecified atom stereocenters. The maximum Gasteiger partial charge on any atom is 0.340 e. The molecule has 0 aliphatic carbocycles. The largest absolute Gasteiger partial charge is 0.465 e. The van der Waals surface area contributed by atoms with Crippen LogP contribution >= 0.6 is 0 Å². The molecule has 20 heavy (non-hydrogen) atoms. The lowest BCUT2D eigenvalue weighted by molar-refractivity contribution is 0.0602. The maximum absolute atomic E-state index is 11.7. The highest BCUT2D eigenvalue weighted by molar-refractivity contribution is 5.97. The van der Waals surface area contributed by atoms with E-state index in [0.29, 0.717) is 23.8 Å². The van der Waals surface area contributed by atoms with Gasteiger partial charge in [0.25, 0.3) is 0 Å². The van der Waals surface area contributed by atoms with Crippen LogP contribution in [0.15, 0.2) is 12.1 Å². The standard InChI is InChI=1S/C15H24N2O3/c1-9(2)13(8-19-4)17-11-6-10(3)14(16)12(7-11)15(18)20-5/h6-7,9,13,17H,8,16H2,1-5H3. The summed E-state index contributed by atoms with van der Waals surface area (Å²) < 4.78 is 9.97. The molecule has 0 radical (unpaired) electrons. The predicted molar refractivity (Wildman–Crippen MR) is 81.1 cm³/mol. The van der Waals surface area contributed by atoms with Gasteiger partial charge in [0.15, 0.2) is 0 Å². The minimum Gasteiger partial charge on any atom is -0.465 e. The summed E-state index contributed by atoms with van der Waals surface area (Å²) in [5.74, 6) is -0.0310. The number of nitrogens with two attached hydrogens (primary N) is 1. The first-order chi connectivity index (χ1) is 9.40. The van der Waals surface area contributed by atoms with Crippen molar-refractivity contribution in [1.82, 2.24) is 0 Å². The first-order valence-corrected chi connectivity index (χ1v) is 6.64. The summed E-state index contributed by atoms with van der Waals surface area (Å²) in [6, 6.07) is 3.81. The SMILES string of the molecule is COCC(Nc1cc(C)c(N)c(C(=O)OC)c1)C(C)C. The van der Waals surface area contributed by atoms with Crippen LogP contribution in [0.1, 0.15) is 29.8 Å². The number of carbonyl (C=O) groups is 1. The number of rotatable bonds is 6. The van der Waals surface area contributed by atoms with E-state index in [1.807, 2.05) is 13.0 Å². The van der Waals surface area contributed by atoms with Crippen molar-refractivity contribution in [1.29, 1.82) is 0 Å². The van der Waals surface area contributed by atoms with Crippen molar-refractivity contribution in [2.24, 2.45) is 5.92 Å². The molecule has 3 N–H and O–H groups in total. The molecule has 5 heteroatoms. The highest BCUT2D eigenvalue weighted by Crippen LogP contribution is 2.24. The van der Waals surface area contributed by atoms with Gasteiger partial charge >= 0.3 is 5.97 Å². The van der Waals surface area contributed by atoms with Gasteiger partial charge in [-0.25, -0.2) is 4.79 Å². The molecule has 0 saturated heterocycles. The van der Waals surface area contributed by atoms with Gasteiger partial charge in [0, 0.05) is 18.5 Å². The molecule has 5 nitrogen and oxygen atoms in total. The van der Waals surface area contributed by atoms with E-state index in [1.54, 1.807) is 13.2 Å². The van der Waals surface area contributed by atoms with Gasteiger partial charge in [-0.3, -0.25) is 0 Å². The van der Waals surface area contributed by atoms with Crippen LogP contribution in [-0.2, 0) is 9.47 Å². The Hall–Kier alpha value is -1.75. The molecule has 0 spiro atoms. The molecule has 0 amide bonds. The van der Waals surface area contributed by atoms with Crippen LogP contribution in [-0.4, -0.2) is 32.8 Å². The fourth-order valence-corrected chi connectivity index (χ4v) is 1.95. The molecule has 0 aliphatic heterocycles. The number of benzene rings is 1. The van der Waals surface area contributed by atoms with Gasteiger partial charge in [0.2, 0.25) is 0 Å². The smallest absolute Gasteiger partial charge is 0.340 e. The van der Waals surface area contributed by atoms with Gasteiger partial charge in [-0.05, 0) is 30.5 Å². The number of anilines is 2. The molecule has 0 aliphatic rings. The Morgan fingerprint density at radius 1 is 1.35 bits per heavy atom. The number of carbonyl (C=O) groups excluding carboxylic acids is 1. The normalized spacial score (nSPS) is 12.3. The van der Waals surface area contributed by atoms with Crippen LogP contribution in [0.25, 0.3) is 0 Å². The van der Waals surface area contributed by atoms with E-state index in [2.05, 4.69) is 19.2 Å². The van der Waals surface area contributed by atoms with E-state index >= 15 is 0 Å². The summed E-state index contributed by atoms with van der Waals surface area (Å²) in [5, 5.41) is 3.38.